The summed E-state index contributed by atoms with van der Waals surface area (Å²) in [6, 6.07) is 21.2. The highest BCUT2D eigenvalue weighted by Crippen LogP contribution is 2.34. The van der Waals surface area contributed by atoms with Gasteiger partial charge in [0.05, 0.1) is 0 Å². The maximum absolute atomic E-state index is 4.95. The molecule has 2 aromatic carbocycles. The van der Waals surface area contributed by atoms with Crippen LogP contribution in [0.4, 0.5) is 29.2 Å². The molecule has 150 valence electrons. The standard InChI is InChI=1S/C23H28N6/c1-17-11-10-12-18(2)28(17)22-25-21(24-3)26-23(27-22)29(19-13-6-4-7-14-19)20-15-8-5-9-16-20/h4-9,13-18H,10-12H2,1-3H3,(H,24,25,26,27). The highest BCUT2D eigenvalue weighted by Gasteiger charge is 2.28. The van der Waals surface area contributed by atoms with Crippen LogP contribution in [-0.4, -0.2) is 34.1 Å². The van der Waals surface area contributed by atoms with Crippen molar-refractivity contribution in [2.75, 3.05) is 22.2 Å². The van der Waals surface area contributed by atoms with Gasteiger partial charge in [-0.2, -0.15) is 15.0 Å². The molecule has 1 fully saturated rings. The first kappa shape index (κ1) is 19.2. The van der Waals surface area contributed by atoms with E-state index < -0.39 is 0 Å². The van der Waals surface area contributed by atoms with Gasteiger partial charge >= 0.3 is 0 Å². The first-order valence-electron chi connectivity index (χ1n) is 10.3. The van der Waals surface area contributed by atoms with Crippen molar-refractivity contribution in [3.05, 3.63) is 60.7 Å². The van der Waals surface area contributed by atoms with E-state index in [0.29, 0.717) is 24.0 Å². The molecule has 0 radical (unpaired) electrons. The van der Waals surface area contributed by atoms with Crippen LogP contribution in [0.3, 0.4) is 0 Å². The van der Waals surface area contributed by atoms with Crippen LogP contribution in [0, 0.1) is 0 Å². The van der Waals surface area contributed by atoms with E-state index in [4.69, 9.17) is 15.0 Å². The summed E-state index contributed by atoms with van der Waals surface area (Å²) in [4.78, 5) is 18.8. The Balaban J connectivity index is 1.85. The average molecular weight is 389 g/mol. The highest BCUT2D eigenvalue weighted by atomic mass is 15.4. The van der Waals surface area contributed by atoms with E-state index >= 15 is 0 Å². The average Bonchev–Trinajstić information content (AvgIpc) is 2.75. The van der Waals surface area contributed by atoms with Crippen molar-refractivity contribution in [3.8, 4) is 0 Å². The van der Waals surface area contributed by atoms with Gasteiger partial charge in [-0.15, -0.1) is 0 Å². The van der Waals surface area contributed by atoms with Gasteiger partial charge in [-0.05, 0) is 57.4 Å². The molecule has 1 aliphatic rings. The molecule has 0 spiro atoms. The predicted molar refractivity (Wildman–Crippen MR) is 119 cm³/mol. The van der Waals surface area contributed by atoms with Gasteiger partial charge in [0.25, 0.3) is 0 Å². The number of hydrogen-bond acceptors (Lipinski definition) is 6. The fourth-order valence-corrected chi connectivity index (χ4v) is 4.03. The summed E-state index contributed by atoms with van der Waals surface area (Å²) in [7, 11) is 1.85. The molecular formula is C23H28N6. The Bertz CT molecular complexity index is 881. The normalized spacial score (nSPS) is 19.1. The minimum absolute atomic E-state index is 0.403. The van der Waals surface area contributed by atoms with Crippen molar-refractivity contribution in [1.29, 1.82) is 0 Å². The molecule has 0 bridgehead atoms. The minimum Gasteiger partial charge on any atom is -0.357 e. The predicted octanol–water partition coefficient (Wildman–Crippen LogP) is 5.15. The van der Waals surface area contributed by atoms with Crippen molar-refractivity contribution < 1.29 is 0 Å². The van der Waals surface area contributed by atoms with Crippen molar-refractivity contribution in [2.24, 2.45) is 0 Å². The zero-order chi connectivity index (χ0) is 20.2. The molecule has 4 rings (SSSR count). The number of benzene rings is 2. The molecule has 3 aromatic rings. The van der Waals surface area contributed by atoms with Gasteiger partial charge < -0.3 is 10.2 Å². The third-order valence-electron chi connectivity index (χ3n) is 5.49. The third kappa shape index (κ3) is 4.01. The van der Waals surface area contributed by atoms with Gasteiger partial charge in [-0.3, -0.25) is 4.90 Å². The number of piperidine rings is 1. The second-order valence-corrected chi connectivity index (χ2v) is 7.55. The molecule has 1 aromatic heterocycles. The summed E-state index contributed by atoms with van der Waals surface area (Å²) in [5.74, 6) is 1.92. The van der Waals surface area contributed by atoms with Crippen molar-refractivity contribution in [3.63, 3.8) is 0 Å². The van der Waals surface area contributed by atoms with Crippen LogP contribution in [0.2, 0.25) is 0 Å². The van der Waals surface area contributed by atoms with E-state index in [9.17, 15) is 0 Å². The lowest BCUT2D eigenvalue weighted by Crippen LogP contribution is -2.45. The van der Waals surface area contributed by atoms with Gasteiger partial charge in [0.15, 0.2) is 0 Å². The van der Waals surface area contributed by atoms with Crippen LogP contribution in [0.25, 0.3) is 0 Å². The van der Waals surface area contributed by atoms with Crippen LogP contribution in [0.5, 0.6) is 0 Å². The smallest absolute Gasteiger partial charge is 0.241 e. The number of aromatic nitrogens is 3. The van der Waals surface area contributed by atoms with Crippen LogP contribution in [-0.2, 0) is 0 Å². The lowest BCUT2D eigenvalue weighted by atomic mass is 9.98. The Morgan fingerprint density at radius 2 is 1.38 bits per heavy atom. The number of nitrogens with one attached hydrogen (secondary N) is 1. The molecule has 6 nitrogen and oxygen atoms in total. The second-order valence-electron chi connectivity index (χ2n) is 7.55. The lowest BCUT2D eigenvalue weighted by molar-refractivity contribution is 0.407. The molecule has 29 heavy (non-hydrogen) atoms. The fourth-order valence-electron chi connectivity index (χ4n) is 4.03. The van der Waals surface area contributed by atoms with Crippen molar-refractivity contribution >= 4 is 29.2 Å². The van der Waals surface area contributed by atoms with Crippen LogP contribution < -0.4 is 15.1 Å². The van der Waals surface area contributed by atoms with E-state index in [1.807, 2.05) is 43.4 Å². The van der Waals surface area contributed by atoms with Gasteiger partial charge in [0.2, 0.25) is 17.8 Å². The van der Waals surface area contributed by atoms with Crippen LogP contribution >= 0.6 is 0 Å². The molecule has 2 unspecified atom stereocenters. The van der Waals surface area contributed by atoms with Gasteiger partial charge in [-0.25, -0.2) is 0 Å². The Kier molecular flexibility index (Phi) is 5.60. The molecule has 0 saturated carbocycles. The van der Waals surface area contributed by atoms with E-state index in [1.165, 1.54) is 6.42 Å². The van der Waals surface area contributed by atoms with Crippen LogP contribution in [0.1, 0.15) is 33.1 Å². The van der Waals surface area contributed by atoms with Crippen molar-refractivity contribution in [2.45, 2.75) is 45.2 Å². The molecule has 1 N–H and O–H groups in total. The van der Waals surface area contributed by atoms with E-state index in [-0.39, 0.29) is 0 Å². The maximum atomic E-state index is 4.95. The SMILES string of the molecule is CNc1nc(N(c2ccccc2)c2ccccc2)nc(N2C(C)CCCC2C)n1. The first-order valence-corrected chi connectivity index (χ1v) is 10.3. The lowest BCUT2D eigenvalue weighted by Gasteiger charge is -2.39. The van der Waals surface area contributed by atoms with Gasteiger partial charge in [0.1, 0.15) is 0 Å². The molecule has 0 aliphatic carbocycles. The van der Waals surface area contributed by atoms with E-state index in [2.05, 4.69) is 53.2 Å². The Labute approximate surface area is 172 Å². The largest absolute Gasteiger partial charge is 0.357 e. The number of para-hydroxylation sites is 2. The number of hydrogen-bond donors (Lipinski definition) is 1. The number of nitrogens with zero attached hydrogens (tertiary/aromatic N) is 5. The highest BCUT2D eigenvalue weighted by molar-refractivity contribution is 5.73. The molecule has 2 heterocycles. The van der Waals surface area contributed by atoms with E-state index in [0.717, 1.165) is 30.2 Å². The van der Waals surface area contributed by atoms with E-state index in [1.54, 1.807) is 0 Å². The molecule has 1 aliphatic heterocycles. The summed E-state index contributed by atoms with van der Waals surface area (Å²) < 4.78 is 0. The fraction of sp³-hybridized carbons (Fsp3) is 0.348. The zero-order valence-corrected chi connectivity index (χ0v) is 17.3. The van der Waals surface area contributed by atoms with Gasteiger partial charge in [-0.1, -0.05) is 36.4 Å². The monoisotopic (exact) mass is 388 g/mol. The molecular weight excluding hydrogens is 360 g/mol. The number of rotatable bonds is 5. The Hall–Kier alpha value is -3.15. The quantitative estimate of drug-likeness (QED) is 0.652. The van der Waals surface area contributed by atoms with Gasteiger partial charge in [0, 0.05) is 30.5 Å². The summed E-state index contributed by atoms with van der Waals surface area (Å²) >= 11 is 0. The Morgan fingerprint density at radius 1 is 0.828 bits per heavy atom. The summed E-state index contributed by atoms with van der Waals surface area (Å²) in [5.41, 5.74) is 2.02. The molecule has 1 saturated heterocycles. The first-order chi connectivity index (χ1) is 14.2. The Morgan fingerprint density at radius 3 is 1.90 bits per heavy atom. The summed E-state index contributed by atoms with van der Waals surface area (Å²) in [6.07, 6.45) is 3.55. The van der Waals surface area contributed by atoms with Crippen molar-refractivity contribution in [1.82, 2.24) is 15.0 Å². The zero-order valence-electron chi connectivity index (χ0n) is 17.3. The number of anilines is 5. The molecule has 0 amide bonds. The van der Waals surface area contributed by atoms with Crippen LogP contribution in [0.15, 0.2) is 60.7 Å². The second kappa shape index (κ2) is 8.47. The topological polar surface area (TPSA) is 57.2 Å². The molecule has 6 heteroatoms. The molecule has 2 atom stereocenters. The minimum atomic E-state index is 0.403. The maximum Gasteiger partial charge on any atom is 0.241 e. The summed E-state index contributed by atoms with van der Waals surface area (Å²) in [5, 5.41) is 3.12. The summed E-state index contributed by atoms with van der Waals surface area (Å²) in [6.45, 7) is 4.51. The third-order valence-corrected chi connectivity index (χ3v) is 5.49.